The second-order valence-electron chi connectivity index (χ2n) is 14.1. The normalized spacial score (nSPS) is 43.1. The third kappa shape index (κ3) is 12.0. The van der Waals surface area contributed by atoms with Gasteiger partial charge in [-0.1, -0.05) is 51.2 Å². The Hall–Kier alpha value is -2.16. The van der Waals surface area contributed by atoms with Gasteiger partial charge >= 0.3 is 11.9 Å². The second-order valence-corrected chi connectivity index (χ2v) is 14.1. The largest absolute Gasteiger partial charge is 0.462 e. The summed E-state index contributed by atoms with van der Waals surface area (Å²) < 4.78 is 41.6. The molecule has 3 saturated heterocycles. The predicted octanol–water partition coefficient (Wildman–Crippen LogP) is 3.69. The Labute approximate surface area is 290 Å². The predicted molar refractivity (Wildman–Crippen MR) is 179 cm³/mol. The number of aliphatic hydroxyl groups is 3. The van der Waals surface area contributed by atoms with Crippen molar-refractivity contribution in [3.05, 3.63) is 36.5 Å². The molecule has 0 aromatic rings. The summed E-state index contributed by atoms with van der Waals surface area (Å²) in [6.45, 7) is 7.64. The molecule has 3 N–H and O–H groups in total. The molecule has 3 fully saturated rings. The van der Waals surface area contributed by atoms with Gasteiger partial charge in [0.1, 0.15) is 31.0 Å². The van der Waals surface area contributed by atoms with Gasteiger partial charge in [-0.2, -0.15) is 0 Å². The molecule has 4 heterocycles. The van der Waals surface area contributed by atoms with E-state index < -0.39 is 55.0 Å². The number of esters is 2. The van der Waals surface area contributed by atoms with E-state index in [2.05, 4.69) is 26.0 Å². The number of rotatable bonds is 7. The molecule has 14 atom stereocenters. The summed E-state index contributed by atoms with van der Waals surface area (Å²) >= 11 is 0. The molecule has 0 aliphatic carbocycles. The van der Waals surface area contributed by atoms with Gasteiger partial charge in [0.2, 0.25) is 0 Å². The molecule has 0 unspecified atom stereocenters. The maximum absolute atomic E-state index is 13.0. The number of cyclic esters (lactones) is 1. The molecule has 12 nitrogen and oxygen atoms in total. The number of ether oxygens (including phenoxy) is 7. The molecule has 4 aliphatic rings. The van der Waals surface area contributed by atoms with E-state index in [0.717, 1.165) is 6.42 Å². The third-order valence-electron chi connectivity index (χ3n) is 9.85. The molecule has 12 heteroatoms. The van der Waals surface area contributed by atoms with Crippen LogP contribution in [0.5, 0.6) is 0 Å². The monoisotopic (exact) mass is 694 g/mol. The second kappa shape index (κ2) is 19.4. The zero-order chi connectivity index (χ0) is 35.5. The number of fused-ring (bicyclic) bond motifs is 4. The number of hydrogen-bond acceptors (Lipinski definition) is 12. The van der Waals surface area contributed by atoms with Gasteiger partial charge in [0, 0.05) is 38.9 Å². The van der Waals surface area contributed by atoms with Gasteiger partial charge in [-0.25, -0.2) is 4.79 Å². The summed E-state index contributed by atoms with van der Waals surface area (Å²) in [5, 5.41) is 32.0. The van der Waals surface area contributed by atoms with Gasteiger partial charge < -0.3 is 48.5 Å². The summed E-state index contributed by atoms with van der Waals surface area (Å²) in [7, 11) is 1.45. The Morgan fingerprint density at radius 1 is 0.898 bits per heavy atom. The van der Waals surface area contributed by atoms with Crippen LogP contribution in [0.4, 0.5) is 0 Å². The maximum Gasteiger partial charge on any atom is 0.330 e. The van der Waals surface area contributed by atoms with Gasteiger partial charge in [-0.05, 0) is 50.9 Å². The van der Waals surface area contributed by atoms with Crippen LogP contribution in [0.2, 0.25) is 0 Å². The lowest BCUT2D eigenvalue weighted by Gasteiger charge is -2.43. The van der Waals surface area contributed by atoms with Crippen molar-refractivity contribution >= 4 is 11.9 Å². The van der Waals surface area contributed by atoms with E-state index in [1.807, 2.05) is 19.1 Å². The van der Waals surface area contributed by atoms with Crippen molar-refractivity contribution in [2.45, 2.75) is 159 Å². The molecule has 278 valence electrons. The van der Waals surface area contributed by atoms with Crippen LogP contribution < -0.4 is 0 Å². The van der Waals surface area contributed by atoms with Gasteiger partial charge in [0.15, 0.2) is 6.29 Å². The molecule has 49 heavy (non-hydrogen) atoms. The van der Waals surface area contributed by atoms with Crippen LogP contribution in [0.25, 0.3) is 0 Å². The highest BCUT2D eigenvalue weighted by Gasteiger charge is 2.45. The Morgan fingerprint density at radius 3 is 2.43 bits per heavy atom. The fraction of sp³-hybridized carbons (Fsp3) is 0.784. The lowest BCUT2D eigenvalue weighted by molar-refractivity contribution is -0.315. The standard InChI is InChI=1S/C37H58O12/c1-6-11-32(39)44-21-28-20-29(38)31-17-23(3)30(49-31)14-9-7-8-12-22(2)16-26-19-27(18-25(46-26)13-10-15-33(40)47-28)48-37-36(43-5)35(42)34(41)24(4)45-37/h7-10,12,15,22-31,34-38,41-42H,6,11,13-14,16-21H2,1-5H3/b9-7-,12-8+,15-10+/t22-,23-,24-,25-,26+,27+,28+,29-,30-,31-,34-,35+,36+,37-/m0/s1. The molecular formula is C37H58O12. The first-order valence-corrected chi connectivity index (χ1v) is 18.0. The molecular weight excluding hydrogens is 636 g/mol. The van der Waals surface area contributed by atoms with Crippen molar-refractivity contribution in [2.24, 2.45) is 11.8 Å². The average molecular weight is 695 g/mol. The van der Waals surface area contributed by atoms with Gasteiger partial charge in [0.05, 0.1) is 42.7 Å². The van der Waals surface area contributed by atoms with Crippen LogP contribution >= 0.6 is 0 Å². The number of allylic oxidation sites excluding steroid dienone is 3. The zero-order valence-corrected chi connectivity index (χ0v) is 29.6. The van der Waals surface area contributed by atoms with Gasteiger partial charge in [-0.3, -0.25) is 4.79 Å². The average Bonchev–Trinajstić information content (AvgIpc) is 3.42. The highest BCUT2D eigenvalue weighted by molar-refractivity contribution is 5.82. The van der Waals surface area contributed by atoms with Crippen LogP contribution in [-0.2, 0) is 42.7 Å². The van der Waals surface area contributed by atoms with Crippen molar-refractivity contribution < 1.29 is 58.1 Å². The molecule has 0 amide bonds. The fourth-order valence-electron chi connectivity index (χ4n) is 7.09. The van der Waals surface area contributed by atoms with Crippen LogP contribution in [0.1, 0.15) is 85.5 Å². The van der Waals surface area contributed by atoms with E-state index >= 15 is 0 Å². The molecule has 4 aliphatic heterocycles. The first-order valence-electron chi connectivity index (χ1n) is 18.0. The highest BCUT2D eigenvalue weighted by Crippen LogP contribution is 2.34. The molecule has 0 saturated carbocycles. The van der Waals surface area contributed by atoms with Crippen molar-refractivity contribution in [2.75, 3.05) is 13.7 Å². The molecule has 4 rings (SSSR count). The number of methoxy groups -OCH3 is 1. The van der Waals surface area contributed by atoms with E-state index in [0.29, 0.717) is 38.5 Å². The van der Waals surface area contributed by atoms with Gasteiger partial charge in [-0.15, -0.1) is 0 Å². The van der Waals surface area contributed by atoms with Crippen LogP contribution in [-0.4, -0.2) is 114 Å². The first-order chi connectivity index (χ1) is 23.5. The Bertz CT molecular complexity index is 1120. The summed E-state index contributed by atoms with van der Waals surface area (Å²) in [6, 6.07) is 0. The lowest BCUT2D eigenvalue weighted by Crippen LogP contribution is -2.59. The van der Waals surface area contributed by atoms with Crippen molar-refractivity contribution in [3.8, 4) is 0 Å². The quantitative estimate of drug-likeness (QED) is 0.333. The van der Waals surface area contributed by atoms with E-state index in [1.54, 1.807) is 13.0 Å². The molecule has 0 aromatic heterocycles. The van der Waals surface area contributed by atoms with Crippen molar-refractivity contribution in [1.29, 1.82) is 0 Å². The maximum atomic E-state index is 13.0. The lowest BCUT2D eigenvalue weighted by atomic mass is 9.92. The summed E-state index contributed by atoms with van der Waals surface area (Å²) in [5.74, 6) is -0.564. The zero-order valence-electron chi connectivity index (χ0n) is 29.6. The van der Waals surface area contributed by atoms with E-state index in [4.69, 9.17) is 33.2 Å². The Kier molecular flexibility index (Phi) is 15.7. The highest BCUT2D eigenvalue weighted by atomic mass is 16.7. The van der Waals surface area contributed by atoms with Crippen molar-refractivity contribution in [3.63, 3.8) is 0 Å². The summed E-state index contributed by atoms with van der Waals surface area (Å²) in [4.78, 5) is 25.1. The van der Waals surface area contributed by atoms with Crippen LogP contribution in [0, 0.1) is 11.8 Å². The summed E-state index contributed by atoms with van der Waals surface area (Å²) in [5.41, 5.74) is 0. The Morgan fingerprint density at radius 2 is 1.67 bits per heavy atom. The number of carbonyl (C=O) groups excluding carboxylic acids is 2. The summed E-state index contributed by atoms with van der Waals surface area (Å²) in [6.07, 6.45) is 8.33. The van der Waals surface area contributed by atoms with Crippen LogP contribution in [0.15, 0.2) is 36.5 Å². The van der Waals surface area contributed by atoms with Crippen LogP contribution in [0.3, 0.4) is 0 Å². The molecule has 0 spiro atoms. The smallest absolute Gasteiger partial charge is 0.330 e. The van der Waals surface area contributed by atoms with E-state index in [1.165, 1.54) is 13.2 Å². The Balaban J connectivity index is 1.50. The minimum absolute atomic E-state index is 0.0510. The van der Waals surface area contributed by atoms with Gasteiger partial charge in [0.25, 0.3) is 0 Å². The SMILES string of the molecule is CCCC(=O)OC[C@H]1C[C@H](O)[C@@H]2C[C@H](C)[C@H](C/C=C\C=C\[C@H](C)C[C@@H]3C[C@H](O[C@@H]4O[C@@H](C)[C@H](O)[C@@H](O)[C@H]4OC)C[C@H](C/C=C/C(=O)O1)O3)O2. The number of carbonyl (C=O) groups is 2. The third-order valence-corrected chi connectivity index (χ3v) is 9.85. The number of hydrogen-bond donors (Lipinski definition) is 3. The van der Waals surface area contributed by atoms with Crippen molar-refractivity contribution in [1.82, 2.24) is 0 Å². The molecule has 0 radical (unpaired) electrons. The topological polar surface area (TPSA) is 159 Å². The van der Waals surface area contributed by atoms with E-state index in [9.17, 15) is 24.9 Å². The van der Waals surface area contributed by atoms with E-state index in [-0.39, 0.29) is 61.7 Å². The minimum Gasteiger partial charge on any atom is -0.462 e. The minimum atomic E-state index is -1.16. The first kappa shape index (κ1) is 39.6. The molecule has 0 aromatic carbocycles. The molecule has 4 bridgehead atoms. The number of aliphatic hydroxyl groups excluding tert-OH is 3. The fourth-order valence-corrected chi connectivity index (χ4v) is 7.09.